The molecule has 6 heteroatoms. The van der Waals surface area contributed by atoms with Crippen LogP contribution in [0.4, 0.5) is 5.69 Å². The Labute approximate surface area is 145 Å². The fourth-order valence-corrected chi connectivity index (χ4v) is 2.99. The number of para-hydroxylation sites is 1. The second kappa shape index (κ2) is 7.31. The molecule has 1 amide bonds. The van der Waals surface area contributed by atoms with Crippen LogP contribution in [-0.2, 0) is 10.5 Å². The molecule has 1 aliphatic rings. The van der Waals surface area contributed by atoms with E-state index in [0.29, 0.717) is 11.1 Å². The van der Waals surface area contributed by atoms with E-state index in [1.165, 1.54) is 22.2 Å². The summed E-state index contributed by atoms with van der Waals surface area (Å²) in [6, 6.07) is 18.9. The van der Waals surface area contributed by atoms with E-state index < -0.39 is 6.04 Å². The predicted molar refractivity (Wildman–Crippen MR) is 100 cm³/mol. The van der Waals surface area contributed by atoms with Crippen LogP contribution in [0.25, 0.3) is 0 Å². The molecule has 5 nitrogen and oxygen atoms in total. The quantitative estimate of drug-likeness (QED) is 0.691. The van der Waals surface area contributed by atoms with Crippen molar-refractivity contribution in [3.05, 3.63) is 66.2 Å². The zero-order valence-corrected chi connectivity index (χ0v) is 14.1. The minimum Gasteiger partial charge on any atom is -0.378 e. The van der Waals surface area contributed by atoms with Gasteiger partial charge >= 0.3 is 0 Å². The van der Waals surface area contributed by atoms with E-state index in [4.69, 9.17) is 5.73 Å². The van der Waals surface area contributed by atoms with Crippen molar-refractivity contribution in [2.24, 2.45) is 15.7 Å². The molecule has 0 radical (unpaired) electrons. The molecule has 0 saturated carbocycles. The standard InChI is InChI=1S/C18H18N4OS/c1-13-16(23)22(15-10-6-3-7-11-15)18(20-13)21-17(19)24-12-14-8-4-2-5-9-14/h2-11,13H,12H2,1H3,(H2,19,20,21). The fourth-order valence-electron chi connectivity index (χ4n) is 2.33. The zero-order chi connectivity index (χ0) is 16.9. The van der Waals surface area contributed by atoms with Gasteiger partial charge in [0, 0.05) is 5.75 Å². The Morgan fingerprint density at radius 3 is 2.46 bits per heavy atom. The van der Waals surface area contributed by atoms with Crippen LogP contribution >= 0.6 is 11.8 Å². The van der Waals surface area contributed by atoms with Crippen molar-refractivity contribution in [3.8, 4) is 0 Å². The van der Waals surface area contributed by atoms with Crippen molar-refractivity contribution in [2.75, 3.05) is 4.90 Å². The number of hydrogen-bond acceptors (Lipinski definition) is 4. The number of carbonyl (C=O) groups is 1. The number of hydrogen-bond donors (Lipinski definition) is 1. The highest BCUT2D eigenvalue weighted by atomic mass is 32.2. The summed E-state index contributed by atoms with van der Waals surface area (Å²) in [5, 5.41) is 0.389. The van der Waals surface area contributed by atoms with Gasteiger partial charge < -0.3 is 5.73 Å². The van der Waals surface area contributed by atoms with E-state index in [-0.39, 0.29) is 5.91 Å². The summed E-state index contributed by atoms with van der Waals surface area (Å²) in [6.07, 6.45) is 0. The molecule has 0 fully saturated rings. The van der Waals surface area contributed by atoms with Crippen LogP contribution in [0.3, 0.4) is 0 Å². The molecule has 2 aromatic carbocycles. The van der Waals surface area contributed by atoms with Crippen molar-refractivity contribution >= 4 is 34.5 Å². The minimum atomic E-state index is -0.448. The van der Waals surface area contributed by atoms with Gasteiger partial charge in [0.25, 0.3) is 5.91 Å². The van der Waals surface area contributed by atoms with E-state index in [2.05, 4.69) is 9.98 Å². The van der Waals surface area contributed by atoms with E-state index >= 15 is 0 Å². The summed E-state index contributed by atoms with van der Waals surface area (Å²) in [5.74, 6) is 0.968. The number of anilines is 1. The summed E-state index contributed by atoms with van der Waals surface area (Å²) in [7, 11) is 0. The number of guanidine groups is 1. The van der Waals surface area contributed by atoms with Crippen LogP contribution in [0, 0.1) is 0 Å². The first-order chi connectivity index (χ1) is 11.6. The van der Waals surface area contributed by atoms with Gasteiger partial charge in [0.2, 0.25) is 5.96 Å². The van der Waals surface area contributed by atoms with Crippen LogP contribution in [0.5, 0.6) is 0 Å². The lowest BCUT2D eigenvalue weighted by molar-refractivity contribution is -0.117. The van der Waals surface area contributed by atoms with Crippen molar-refractivity contribution in [1.82, 2.24) is 0 Å². The highest BCUT2D eigenvalue weighted by Gasteiger charge is 2.32. The van der Waals surface area contributed by atoms with Crippen LogP contribution in [0.15, 0.2) is 70.6 Å². The Hall–Kier alpha value is -2.60. The van der Waals surface area contributed by atoms with Gasteiger partial charge in [-0.05, 0) is 24.6 Å². The first-order valence-electron chi connectivity index (χ1n) is 7.63. The van der Waals surface area contributed by atoms with Crippen LogP contribution < -0.4 is 10.6 Å². The molecule has 3 rings (SSSR count). The molecular weight excluding hydrogens is 320 g/mol. The third-order valence-corrected chi connectivity index (χ3v) is 4.41. The molecule has 1 heterocycles. The number of nitrogens with zero attached hydrogens (tertiary/aromatic N) is 3. The summed E-state index contributed by atoms with van der Waals surface area (Å²) in [4.78, 5) is 22.6. The highest BCUT2D eigenvalue weighted by molar-refractivity contribution is 8.13. The first-order valence-corrected chi connectivity index (χ1v) is 8.61. The maximum Gasteiger partial charge on any atom is 0.258 e. The Morgan fingerprint density at radius 2 is 1.79 bits per heavy atom. The van der Waals surface area contributed by atoms with Gasteiger partial charge in [0.1, 0.15) is 6.04 Å². The number of rotatable bonds is 3. The van der Waals surface area contributed by atoms with Gasteiger partial charge in [-0.15, -0.1) is 0 Å². The average Bonchev–Trinajstić information content (AvgIpc) is 2.88. The van der Waals surface area contributed by atoms with Gasteiger partial charge in [0.05, 0.1) is 5.69 Å². The highest BCUT2D eigenvalue weighted by Crippen LogP contribution is 2.22. The molecule has 24 heavy (non-hydrogen) atoms. The lowest BCUT2D eigenvalue weighted by atomic mass is 10.2. The Kier molecular flexibility index (Phi) is 4.96. The normalized spacial score (nSPS) is 18.0. The van der Waals surface area contributed by atoms with Crippen LogP contribution in [0.2, 0.25) is 0 Å². The molecule has 0 spiro atoms. The first kappa shape index (κ1) is 16.3. The third kappa shape index (κ3) is 3.65. The Morgan fingerprint density at radius 1 is 1.17 bits per heavy atom. The molecule has 2 aromatic rings. The van der Waals surface area contributed by atoms with E-state index in [9.17, 15) is 4.79 Å². The van der Waals surface area contributed by atoms with Gasteiger partial charge in [0.15, 0.2) is 5.17 Å². The molecule has 1 atom stereocenters. The second-order valence-electron chi connectivity index (χ2n) is 5.34. The molecule has 1 unspecified atom stereocenters. The van der Waals surface area contributed by atoms with Gasteiger partial charge in [-0.1, -0.05) is 60.3 Å². The zero-order valence-electron chi connectivity index (χ0n) is 13.3. The lowest BCUT2D eigenvalue weighted by Gasteiger charge is -2.16. The molecule has 122 valence electrons. The Bertz CT molecular complexity index is 774. The summed E-state index contributed by atoms with van der Waals surface area (Å²) >= 11 is 1.43. The maximum atomic E-state index is 12.4. The van der Waals surface area contributed by atoms with E-state index in [1.807, 2.05) is 60.7 Å². The SMILES string of the molecule is CC1N=C(/N=C(\N)SCc2ccccc2)N(c2ccccc2)C1=O. The molecule has 0 aliphatic carbocycles. The number of aliphatic imine (C=N–C) groups is 2. The molecule has 2 N–H and O–H groups in total. The number of thioether (sulfide) groups is 1. The number of benzene rings is 2. The molecule has 0 saturated heterocycles. The third-order valence-electron chi connectivity index (χ3n) is 3.54. The molecule has 0 aromatic heterocycles. The summed E-state index contributed by atoms with van der Waals surface area (Å²) < 4.78 is 0. The van der Waals surface area contributed by atoms with Gasteiger partial charge in [-0.3, -0.25) is 4.79 Å². The maximum absolute atomic E-state index is 12.4. The molecule has 1 aliphatic heterocycles. The number of amides is 1. The number of amidine groups is 1. The monoisotopic (exact) mass is 338 g/mol. The van der Waals surface area contributed by atoms with Crippen LogP contribution in [0.1, 0.15) is 12.5 Å². The number of carbonyl (C=O) groups excluding carboxylic acids is 1. The topological polar surface area (TPSA) is 71.0 Å². The largest absolute Gasteiger partial charge is 0.378 e. The van der Waals surface area contributed by atoms with Crippen molar-refractivity contribution in [2.45, 2.75) is 18.7 Å². The minimum absolute atomic E-state index is 0.0965. The predicted octanol–water partition coefficient (Wildman–Crippen LogP) is 3.03. The summed E-state index contributed by atoms with van der Waals surface area (Å²) in [5.41, 5.74) is 7.94. The van der Waals surface area contributed by atoms with Gasteiger partial charge in [-0.25, -0.2) is 9.89 Å². The Balaban J connectivity index is 1.76. The lowest BCUT2D eigenvalue weighted by Crippen LogP contribution is -2.34. The van der Waals surface area contributed by atoms with E-state index in [0.717, 1.165) is 11.4 Å². The molecular formula is C18H18N4OS. The van der Waals surface area contributed by atoms with Crippen molar-refractivity contribution in [3.63, 3.8) is 0 Å². The van der Waals surface area contributed by atoms with Crippen molar-refractivity contribution in [1.29, 1.82) is 0 Å². The molecule has 0 bridgehead atoms. The number of nitrogens with two attached hydrogens (primary N) is 1. The average molecular weight is 338 g/mol. The fraction of sp³-hybridized carbons (Fsp3) is 0.167. The summed E-state index contributed by atoms with van der Waals surface area (Å²) in [6.45, 7) is 1.76. The van der Waals surface area contributed by atoms with Crippen LogP contribution in [-0.4, -0.2) is 23.1 Å². The van der Waals surface area contributed by atoms with E-state index in [1.54, 1.807) is 6.92 Å². The smallest absolute Gasteiger partial charge is 0.258 e. The van der Waals surface area contributed by atoms with Gasteiger partial charge in [-0.2, -0.15) is 4.99 Å². The van der Waals surface area contributed by atoms with Crippen molar-refractivity contribution < 1.29 is 4.79 Å². The second-order valence-corrected chi connectivity index (χ2v) is 6.33.